The Kier molecular flexibility index (Phi) is 9.00. The molecule has 1 N–H and O–H groups in total. The minimum absolute atomic E-state index is 0.0979. The fourth-order valence-corrected chi connectivity index (χ4v) is 6.53. The van der Waals surface area contributed by atoms with Crippen LogP contribution in [-0.4, -0.2) is 61.6 Å². The van der Waals surface area contributed by atoms with E-state index in [1.54, 1.807) is 24.3 Å². The lowest BCUT2D eigenvalue weighted by molar-refractivity contribution is 0.221. The number of anilines is 1. The Morgan fingerprint density at radius 1 is 1.03 bits per heavy atom. The molecule has 0 saturated heterocycles. The summed E-state index contributed by atoms with van der Waals surface area (Å²) < 4.78 is 31.1. The van der Waals surface area contributed by atoms with Gasteiger partial charge >= 0.3 is 0 Å². The number of hydrogen-bond donors (Lipinski definition) is 1. The van der Waals surface area contributed by atoms with E-state index in [1.807, 2.05) is 18.5 Å². The first-order valence-electron chi connectivity index (χ1n) is 12.5. The van der Waals surface area contributed by atoms with Crippen molar-refractivity contribution in [3.63, 3.8) is 0 Å². The van der Waals surface area contributed by atoms with E-state index < -0.39 is 9.84 Å². The number of pyridine rings is 1. The number of nitrogens with one attached hydrogen (secondary N) is 1. The van der Waals surface area contributed by atoms with Crippen molar-refractivity contribution in [3.05, 3.63) is 70.6 Å². The average molecular weight is 544 g/mol. The number of hydrogen-bond acceptors (Lipinski definition) is 8. The number of aromatic nitrogens is 3. The van der Waals surface area contributed by atoms with Gasteiger partial charge in [0.05, 0.1) is 28.5 Å². The highest BCUT2D eigenvalue weighted by Crippen LogP contribution is 2.26. The lowest BCUT2D eigenvalue weighted by Gasteiger charge is -2.32. The SMILES string of the molecule is COc1nc(CS(=O)(=O)c2ccccc2Cl)ccc1CCc1cnc(NC2CCC(N(C)C)CC2)nc1. The van der Waals surface area contributed by atoms with E-state index >= 15 is 0 Å². The average Bonchev–Trinajstić information content (AvgIpc) is 2.89. The van der Waals surface area contributed by atoms with E-state index in [9.17, 15) is 8.42 Å². The highest BCUT2D eigenvalue weighted by atomic mass is 35.5. The van der Waals surface area contributed by atoms with Gasteiger partial charge in [0.1, 0.15) is 0 Å². The van der Waals surface area contributed by atoms with Crippen LogP contribution in [-0.2, 0) is 28.4 Å². The van der Waals surface area contributed by atoms with Crippen molar-refractivity contribution in [2.75, 3.05) is 26.5 Å². The van der Waals surface area contributed by atoms with Crippen LogP contribution >= 0.6 is 11.6 Å². The molecule has 1 aliphatic rings. The third-order valence-corrected chi connectivity index (χ3v) is 8.99. The Labute approximate surface area is 224 Å². The Hall–Kier alpha value is -2.75. The maximum atomic E-state index is 12.8. The molecule has 198 valence electrons. The van der Waals surface area contributed by atoms with Gasteiger partial charge in [0.15, 0.2) is 9.84 Å². The predicted molar refractivity (Wildman–Crippen MR) is 146 cm³/mol. The molecule has 37 heavy (non-hydrogen) atoms. The van der Waals surface area contributed by atoms with Gasteiger partial charge < -0.3 is 15.0 Å². The topological polar surface area (TPSA) is 97.3 Å². The van der Waals surface area contributed by atoms with Crippen LogP contribution in [0.5, 0.6) is 5.88 Å². The van der Waals surface area contributed by atoms with Gasteiger partial charge in [0, 0.05) is 30.0 Å². The number of benzene rings is 1. The molecule has 3 aromatic rings. The summed E-state index contributed by atoms with van der Waals surface area (Å²) in [4.78, 5) is 15.9. The van der Waals surface area contributed by atoms with Crippen LogP contribution in [0.3, 0.4) is 0 Å². The van der Waals surface area contributed by atoms with Crippen LogP contribution in [0.4, 0.5) is 5.95 Å². The van der Waals surface area contributed by atoms with Crippen LogP contribution < -0.4 is 10.1 Å². The Morgan fingerprint density at radius 2 is 1.73 bits per heavy atom. The second-order valence-electron chi connectivity index (χ2n) is 9.69. The van der Waals surface area contributed by atoms with Gasteiger partial charge in [-0.3, -0.25) is 0 Å². The summed E-state index contributed by atoms with van der Waals surface area (Å²) in [6.45, 7) is 0. The molecule has 4 rings (SSSR count). The first-order valence-corrected chi connectivity index (χ1v) is 14.5. The van der Waals surface area contributed by atoms with Crippen molar-refractivity contribution in [3.8, 4) is 5.88 Å². The molecule has 0 bridgehead atoms. The number of nitrogens with zero attached hydrogens (tertiary/aromatic N) is 4. The highest BCUT2D eigenvalue weighted by molar-refractivity contribution is 7.90. The Balaban J connectivity index is 1.34. The van der Waals surface area contributed by atoms with E-state index in [2.05, 4.69) is 39.3 Å². The summed E-state index contributed by atoms with van der Waals surface area (Å²) in [5, 5.41) is 3.67. The quantitative estimate of drug-likeness (QED) is 0.397. The van der Waals surface area contributed by atoms with E-state index in [-0.39, 0.29) is 15.7 Å². The van der Waals surface area contributed by atoms with Gasteiger partial charge in [-0.15, -0.1) is 0 Å². The summed E-state index contributed by atoms with van der Waals surface area (Å²) in [6.07, 6.45) is 9.69. The maximum Gasteiger partial charge on any atom is 0.222 e. The molecule has 0 spiro atoms. The highest BCUT2D eigenvalue weighted by Gasteiger charge is 2.23. The molecular weight excluding hydrogens is 510 g/mol. The molecule has 0 radical (unpaired) electrons. The summed E-state index contributed by atoms with van der Waals surface area (Å²) in [5.41, 5.74) is 2.30. The van der Waals surface area contributed by atoms with Crippen molar-refractivity contribution in [2.24, 2.45) is 0 Å². The Bertz CT molecular complexity index is 1290. The lowest BCUT2D eigenvalue weighted by Crippen LogP contribution is -2.36. The monoisotopic (exact) mass is 543 g/mol. The fraction of sp³-hybridized carbons (Fsp3) is 0.444. The second kappa shape index (κ2) is 12.2. The number of sulfone groups is 1. The first kappa shape index (κ1) is 27.3. The minimum atomic E-state index is -3.63. The smallest absolute Gasteiger partial charge is 0.222 e. The van der Waals surface area contributed by atoms with Gasteiger partial charge in [-0.25, -0.2) is 23.4 Å². The zero-order valence-corrected chi connectivity index (χ0v) is 23.1. The summed E-state index contributed by atoms with van der Waals surface area (Å²) >= 11 is 6.09. The van der Waals surface area contributed by atoms with Crippen molar-refractivity contribution in [1.29, 1.82) is 0 Å². The van der Waals surface area contributed by atoms with Gasteiger partial charge in [-0.05, 0) is 76.4 Å². The molecule has 8 nitrogen and oxygen atoms in total. The minimum Gasteiger partial charge on any atom is -0.481 e. The lowest BCUT2D eigenvalue weighted by atomic mass is 9.91. The second-order valence-corrected chi connectivity index (χ2v) is 12.1. The number of aryl methyl sites for hydroxylation is 2. The van der Waals surface area contributed by atoms with Crippen LogP contribution in [0.15, 0.2) is 53.7 Å². The van der Waals surface area contributed by atoms with Crippen molar-refractivity contribution in [2.45, 2.75) is 61.3 Å². The van der Waals surface area contributed by atoms with Crippen LogP contribution in [0, 0.1) is 0 Å². The van der Waals surface area contributed by atoms with Crippen LogP contribution in [0.1, 0.15) is 42.5 Å². The molecule has 2 heterocycles. The molecule has 1 fully saturated rings. The summed E-state index contributed by atoms with van der Waals surface area (Å²) in [6, 6.07) is 11.1. The summed E-state index contributed by atoms with van der Waals surface area (Å²) in [7, 11) is 2.19. The third-order valence-electron chi connectivity index (χ3n) is 6.85. The maximum absolute atomic E-state index is 12.8. The molecule has 0 unspecified atom stereocenters. The van der Waals surface area contributed by atoms with E-state index in [4.69, 9.17) is 16.3 Å². The molecule has 0 aliphatic heterocycles. The molecule has 1 aromatic carbocycles. The van der Waals surface area contributed by atoms with E-state index in [0.717, 1.165) is 24.0 Å². The summed E-state index contributed by atoms with van der Waals surface area (Å²) in [5.74, 6) is 0.826. The predicted octanol–water partition coefficient (Wildman–Crippen LogP) is 4.58. The van der Waals surface area contributed by atoms with Crippen molar-refractivity contribution >= 4 is 27.4 Å². The molecule has 0 amide bonds. The van der Waals surface area contributed by atoms with Crippen LogP contribution in [0.25, 0.3) is 0 Å². The van der Waals surface area contributed by atoms with Crippen molar-refractivity contribution < 1.29 is 13.2 Å². The number of halogens is 1. The van der Waals surface area contributed by atoms with Crippen LogP contribution in [0.2, 0.25) is 5.02 Å². The van der Waals surface area contributed by atoms with E-state index in [0.29, 0.717) is 42.4 Å². The van der Waals surface area contributed by atoms with Crippen molar-refractivity contribution in [1.82, 2.24) is 19.9 Å². The normalized spacial score (nSPS) is 18.1. The number of rotatable bonds is 10. The fourth-order valence-electron chi connectivity index (χ4n) is 4.68. The van der Waals surface area contributed by atoms with Gasteiger partial charge in [0.2, 0.25) is 11.8 Å². The van der Waals surface area contributed by atoms with Gasteiger partial charge in [0.25, 0.3) is 0 Å². The first-order chi connectivity index (χ1) is 17.7. The third kappa shape index (κ3) is 7.18. The zero-order chi connectivity index (χ0) is 26.4. The largest absolute Gasteiger partial charge is 0.481 e. The Morgan fingerprint density at radius 3 is 2.38 bits per heavy atom. The molecule has 2 aromatic heterocycles. The van der Waals surface area contributed by atoms with E-state index in [1.165, 1.54) is 26.0 Å². The number of ether oxygens (including phenoxy) is 1. The molecule has 1 saturated carbocycles. The number of methoxy groups -OCH3 is 1. The zero-order valence-electron chi connectivity index (χ0n) is 21.5. The van der Waals surface area contributed by atoms with Gasteiger partial charge in [-0.2, -0.15) is 0 Å². The molecule has 0 atom stereocenters. The molecular formula is C27H34ClN5O3S. The molecule has 10 heteroatoms. The standard InChI is InChI=1S/C27H34ClN5O3S/c1-33(2)23-14-12-21(13-15-23)32-27-29-16-19(17-30-27)8-9-20-10-11-22(31-26(20)36-3)18-37(34,35)25-7-5-4-6-24(25)28/h4-7,10-11,16-17,21,23H,8-9,12-15,18H2,1-3H3,(H,29,30,32). The van der Waals surface area contributed by atoms with Gasteiger partial charge in [-0.1, -0.05) is 29.8 Å². The molecule has 1 aliphatic carbocycles.